The van der Waals surface area contributed by atoms with Gasteiger partial charge in [-0.25, -0.2) is 8.78 Å². The van der Waals surface area contributed by atoms with Crippen LogP contribution in [0, 0.1) is 0 Å². The molecule has 0 N–H and O–H groups in total. The Morgan fingerprint density at radius 3 is 1.00 bits per heavy atom. The normalized spacial score (nSPS) is 22.8. The summed E-state index contributed by atoms with van der Waals surface area (Å²) in [7, 11) is 0. The van der Waals surface area contributed by atoms with Crippen molar-refractivity contribution in [2.45, 2.75) is 53.6 Å². The predicted molar refractivity (Wildman–Crippen MR) is 53.8 cm³/mol. The van der Waals surface area contributed by atoms with E-state index in [0.717, 1.165) is 0 Å². The zero-order chi connectivity index (χ0) is 25.7. The van der Waals surface area contributed by atoms with Crippen molar-refractivity contribution < 1.29 is 87.8 Å². The maximum atomic E-state index is 14.0. The van der Waals surface area contributed by atoms with Crippen LogP contribution in [-0.2, 0) is 0 Å². The molecule has 0 aromatic rings. The van der Waals surface area contributed by atoms with Gasteiger partial charge >= 0.3 is 53.6 Å². The Balaban J connectivity index is 3.99. The van der Waals surface area contributed by atoms with E-state index < -0.39 is 65.0 Å². The second-order valence-corrected chi connectivity index (χ2v) is 5.79. The summed E-state index contributed by atoms with van der Waals surface area (Å²) in [5, 5.41) is 0. The van der Waals surface area contributed by atoms with Crippen molar-refractivity contribution in [3.8, 4) is 0 Å². The molecule has 184 valence electrons. The lowest BCUT2D eigenvalue weighted by atomic mass is 9.71. The molecule has 1 aliphatic rings. The largest absolute Gasteiger partial charge is 0.460 e. The van der Waals surface area contributed by atoms with E-state index in [0.29, 0.717) is 0 Å². The third-order valence-electron chi connectivity index (χ3n) is 3.91. The van der Waals surface area contributed by atoms with Gasteiger partial charge in [-0.3, -0.25) is 0 Å². The van der Waals surface area contributed by atoms with Crippen LogP contribution >= 0.6 is 0 Å². The molecule has 0 aromatic heterocycles. The Bertz CT molecular complexity index is 761. The lowest BCUT2D eigenvalue weighted by Gasteiger charge is -2.48. The lowest BCUT2D eigenvalue weighted by Crippen LogP contribution is -2.76. The fourth-order valence-corrected chi connectivity index (χ4v) is 2.16. The monoisotopic (exact) mass is 512 g/mol. The molecule has 0 aromatic carbocycles. The van der Waals surface area contributed by atoms with E-state index in [-0.39, 0.29) is 0 Å². The maximum Gasteiger partial charge on any atom is 0.460 e. The number of hydrogen-bond acceptors (Lipinski definition) is 0. The summed E-state index contributed by atoms with van der Waals surface area (Å²) in [6, 6.07) is 0. The molecule has 1 rings (SSSR count). The van der Waals surface area contributed by atoms with Crippen LogP contribution in [0.3, 0.4) is 0 Å². The van der Waals surface area contributed by atoms with Gasteiger partial charge in [0.2, 0.25) is 0 Å². The highest BCUT2D eigenvalue weighted by Gasteiger charge is 2.96. The molecule has 0 radical (unpaired) electrons. The molecular weight excluding hydrogens is 512 g/mol. The van der Waals surface area contributed by atoms with Gasteiger partial charge in [-0.05, 0) is 0 Å². The Hall–Kier alpha value is -1.66. The van der Waals surface area contributed by atoms with E-state index in [2.05, 4.69) is 0 Å². The highest BCUT2D eigenvalue weighted by atomic mass is 19.4. The van der Waals surface area contributed by atoms with Crippen molar-refractivity contribution in [1.29, 1.82) is 0 Å². The van der Waals surface area contributed by atoms with Crippen molar-refractivity contribution in [3.05, 3.63) is 11.4 Å². The molecule has 1 unspecified atom stereocenters. The standard InChI is InChI=1S/C11F20/c12-2-1(4(14,15)5(2,16)17)3(13,10(26,27)28)6(18,19)7(20,21)8(22,23)9(24,25)11(29,30)31. The van der Waals surface area contributed by atoms with Crippen LogP contribution in [0.5, 0.6) is 0 Å². The third kappa shape index (κ3) is 2.83. The Labute approximate surface area is 154 Å². The zero-order valence-corrected chi connectivity index (χ0v) is 13.1. The summed E-state index contributed by atoms with van der Waals surface area (Å²) in [6.07, 6.45) is -16.1. The fraction of sp³-hybridized carbons (Fsp3) is 0.818. The molecule has 0 fully saturated rings. The SMILES string of the molecule is FC1=C(C(F)(C(F)(F)F)C(F)(F)C(F)(F)C(F)(F)C(F)(F)C(F)(F)F)C(F)(F)C1(F)F. The van der Waals surface area contributed by atoms with Crippen LogP contribution < -0.4 is 0 Å². The van der Waals surface area contributed by atoms with E-state index in [1.165, 1.54) is 0 Å². The van der Waals surface area contributed by atoms with Gasteiger partial charge in [0.05, 0.1) is 5.57 Å². The number of alkyl halides is 19. The first-order valence-corrected chi connectivity index (χ1v) is 6.53. The number of allylic oxidation sites excluding steroid dienone is 2. The minimum atomic E-state index is -8.89. The number of rotatable bonds is 5. The van der Waals surface area contributed by atoms with Gasteiger partial charge in [0.1, 0.15) is 0 Å². The van der Waals surface area contributed by atoms with Crippen LogP contribution in [-0.4, -0.2) is 53.6 Å². The minimum Gasteiger partial charge on any atom is -0.221 e. The molecular formula is C11F20. The summed E-state index contributed by atoms with van der Waals surface area (Å²) in [6.45, 7) is 0. The van der Waals surface area contributed by atoms with Crippen molar-refractivity contribution >= 4 is 0 Å². The van der Waals surface area contributed by atoms with Crippen LogP contribution in [0.25, 0.3) is 0 Å². The van der Waals surface area contributed by atoms with Gasteiger partial charge in [-0.15, -0.1) is 0 Å². The Morgan fingerprint density at radius 1 is 0.419 bits per heavy atom. The highest BCUT2D eigenvalue weighted by Crippen LogP contribution is 2.70. The number of halogens is 20. The van der Waals surface area contributed by atoms with Gasteiger partial charge in [-0.2, -0.15) is 79.0 Å². The summed E-state index contributed by atoms with van der Waals surface area (Å²) >= 11 is 0. The molecule has 0 spiro atoms. The molecule has 0 nitrogen and oxygen atoms in total. The minimum absolute atomic E-state index is 4.53. The van der Waals surface area contributed by atoms with E-state index in [1.54, 1.807) is 0 Å². The van der Waals surface area contributed by atoms with E-state index >= 15 is 0 Å². The summed E-state index contributed by atoms with van der Waals surface area (Å²) < 4.78 is 257. The lowest BCUT2D eigenvalue weighted by molar-refractivity contribution is -0.445. The molecule has 0 saturated carbocycles. The van der Waals surface area contributed by atoms with Crippen molar-refractivity contribution in [1.82, 2.24) is 0 Å². The van der Waals surface area contributed by atoms with Gasteiger partial charge < -0.3 is 0 Å². The first kappa shape index (κ1) is 27.4. The van der Waals surface area contributed by atoms with Gasteiger partial charge in [0.25, 0.3) is 0 Å². The average Bonchev–Trinajstić information content (AvgIpc) is 2.51. The van der Waals surface area contributed by atoms with Crippen molar-refractivity contribution in [3.63, 3.8) is 0 Å². The Morgan fingerprint density at radius 2 is 0.742 bits per heavy atom. The summed E-state index contributed by atoms with van der Waals surface area (Å²) in [5.41, 5.74) is -13.2. The summed E-state index contributed by atoms with van der Waals surface area (Å²) in [5.74, 6) is -53.0. The van der Waals surface area contributed by atoms with Crippen molar-refractivity contribution in [2.75, 3.05) is 0 Å². The molecule has 1 atom stereocenters. The van der Waals surface area contributed by atoms with Crippen LogP contribution in [0.4, 0.5) is 87.8 Å². The van der Waals surface area contributed by atoms with E-state index in [9.17, 15) is 87.8 Å². The molecule has 0 aliphatic heterocycles. The van der Waals surface area contributed by atoms with Crippen molar-refractivity contribution in [2.24, 2.45) is 0 Å². The molecule has 0 heterocycles. The Kier molecular flexibility index (Phi) is 5.50. The molecule has 20 heteroatoms. The predicted octanol–water partition coefficient (Wildman–Crippen LogP) is 6.87. The third-order valence-corrected chi connectivity index (χ3v) is 3.91. The van der Waals surface area contributed by atoms with Crippen LogP contribution in [0.15, 0.2) is 11.4 Å². The molecule has 0 amide bonds. The maximum absolute atomic E-state index is 14.0. The van der Waals surface area contributed by atoms with Gasteiger partial charge in [0.15, 0.2) is 5.83 Å². The van der Waals surface area contributed by atoms with Gasteiger partial charge in [0, 0.05) is 0 Å². The molecule has 31 heavy (non-hydrogen) atoms. The first-order chi connectivity index (χ1) is 13.0. The van der Waals surface area contributed by atoms with Gasteiger partial charge in [-0.1, -0.05) is 0 Å². The second-order valence-electron chi connectivity index (χ2n) is 5.79. The molecule has 0 saturated heterocycles. The smallest absolute Gasteiger partial charge is 0.221 e. The quantitative estimate of drug-likeness (QED) is 0.353. The van der Waals surface area contributed by atoms with E-state index in [1.807, 2.05) is 0 Å². The van der Waals surface area contributed by atoms with Crippen LogP contribution in [0.2, 0.25) is 0 Å². The molecule has 1 aliphatic carbocycles. The van der Waals surface area contributed by atoms with Crippen LogP contribution in [0.1, 0.15) is 0 Å². The second kappa shape index (κ2) is 6.22. The number of hydrogen-bond donors (Lipinski definition) is 0. The first-order valence-electron chi connectivity index (χ1n) is 6.53. The van der Waals surface area contributed by atoms with E-state index in [4.69, 9.17) is 0 Å². The topological polar surface area (TPSA) is 0 Å². The molecule has 0 bridgehead atoms. The highest BCUT2D eigenvalue weighted by molar-refractivity contribution is 5.49. The summed E-state index contributed by atoms with van der Waals surface area (Å²) in [4.78, 5) is 0. The zero-order valence-electron chi connectivity index (χ0n) is 13.1. The fourth-order valence-electron chi connectivity index (χ4n) is 2.16. The average molecular weight is 512 g/mol.